The monoisotopic (exact) mass is 948 g/mol. The number of hydrogen-bond donors (Lipinski definition) is 0. The van der Waals surface area contributed by atoms with Crippen LogP contribution >= 0.6 is 11.8 Å². The van der Waals surface area contributed by atoms with Crippen molar-refractivity contribution < 1.29 is 33.2 Å². The Morgan fingerprint density at radius 3 is 1.42 bits per heavy atom. The summed E-state index contributed by atoms with van der Waals surface area (Å²) in [5.41, 5.74) is 10.3. The number of fused-ring (bicyclic) bond motifs is 2. The summed E-state index contributed by atoms with van der Waals surface area (Å²) in [7, 11) is 0. The summed E-state index contributed by atoms with van der Waals surface area (Å²) in [6.45, 7) is 23.4. The van der Waals surface area contributed by atoms with Gasteiger partial charge in [-0.1, -0.05) is 195 Å². The van der Waals surface area contributed by atoms with E-state index in [1.54, 1.807) is 11.8 Å². The molecule has 0 N–H and O–H groups in total. The van der Waals surface area contributed by atoms with Gasteiger partial charge in [-0.05, 0) is 57.2 Å². The van der Waals surface area contributed by atoms with Gasteiger partial charge in [-0.15, -0.1) is 11.8 Å². The Balaban J connectivity index is 1.19. The Labute approximate surface area is 416 Å². The van der Waals surface area contributed by atoms with Crippen molar-refractivity contribution in [3.63, 3.8) is 0 Å². The molecule has 364 valence electrons. The maximum absolute atomic E-state index is 7.33. The van der Waals surface area contributed by atoms with Crippen molar-refractivity contribution in [1.82, 2.24) is 0 Å². The fourth-order valence-corrected chi connectivity index (χ4v) is 10.3. The van der Waals surface area contributed by atoms with Gasteiger partial charge >= 0.3 is 0 Å². The van der Waals surface area contributed by atoms with E-state index in [9.17, 15) is 0 Å². The Bertz CT molecular complexity index is 2550. The predicted molar refractivity (Wildman–Crippen MR) is 279 cm³/mol. The minimum Gasteiger partial charge on any atom is -0.456 e. The third-order valence-corrected chi connectivity index (χ3v) is 14.5. The number of rotatable bonds is 19. The van der Waals surface area contributed by atoms with Gasteiger partial charge in [0.05, 0.1) is 39.6 Å². The summed E-state index contributed by atoms with van der Waals surface area (Å²) in [6, 6.07) is 50.6. The quantitative estimate of drug-likeness (QED) is 0.0796. The van der Waals surface area contributed by atoms with Gasteiger partial charge in [-0.3, -0.25) is 0 Å². The van der Waals surface area contributed by atoms with E-state index in [0.717, 1.165) is 44.9 Å². The van der Waals surface area contributed by atoms with Crippen LogP contribution in [0.3, 0.4) is 0 Å². The van der Waals surface area contributed by atoms with Gasteiger partial charge in [-0.2, -0.15) is 0 Å². The van der Waals surface area contributed by atoms with E-state index in [2.05, 4.69) is 128 Å². The third kappa shape index (κ3) is 12.6. The molecule has 0 amide bonds. The molecule has 0 aromatic heterocycles. The highest BCUT2D eigenvalue weighted by Gasteiger charge is 2.49. The molecule has 0 bridgehead atoms. The molecule has 2 aliphatic rings. The van der Waals surface area contributed by atoms with Crippen LogP contribution in [0, 0.1) is 0 Å². The first kappa shape index (κ1) is 50.6. The van der Waals surface area contributed by atoms with Gasteiger partial charge in [0.2, 0.25) is 0 Å². The van der Waals surface area contributed by atoms with E-state index in [-0.39, 0.29) is 16.2 Å². The van der Waals surface area contributed by atoms with Crippen LogP contribution in [0.25, 0.3) is 0 Å². The topological polar surface area (TPSA) is 64.6 Å². The van der Waals surface area contributed by atoms with Crippen molar-refractivity contribution in [2.75, 3.05) is 13.2 Å². The van der Waals surface area contributed by atoms with Gasteiger partial charge in [0.15, 0.2) is 0 Å². The second-order valence-electron chi connectivity index (χ2n) is 21.0. The molecule has 6 aromatic carbocycles. The third-order valence-electron chi connectivity index (χ3n) is 13.3. The largest absolute Gasteiger partial charge is 0.456 e. The van der Waals surface area contributed by atoms with Crippen LogP contribution in [0.2, 0.25) is 0 Å². The lowest BCUT2D eigenvalue weighted by atomic mass is 9.71. The highest BCUT2D eigenvalue weighted by atomic mass is 32.2. The second kappa shape index (κ2) is 22.5. The average molecular weight is 949 g/mol. The van der Waals surface area contributed by atoms with E-state index in [0.29, 0.717) is 52.0 Å². The van der Waals surface area contributed by atoms with Crippen LogP contribution in [-0.2, 0) is 83.5 Å². The van der Waals surface area contributed by atoms with E-state index in [4.69, 9.17) is 33.2 Å². The van der Waals surface area contributed by atoms with Crippen molar-refractivity contribution in [1.29, 1.82) is 0 Å². The molecule has 8 heteroatoms. The van der Waals surface area contributed by atoms with Gasteiger partial charge in [0.1, 0.15) is 41.4 Å². The maximum Gasteiger partial charge on any atom is 0.137 e. The normalized spacial score (nSPS) is 19.9. The fraction of sp³-hybridized carbons (Fsp3) is 0.410. The summed E-state index contributed by atoms with van der Waals surface area (Å²) in [4.78, 5) is 0. The lowest BCUT2D eigenvalue weighted by Crippen LogP contribution is -2.60. The van der Waals surface area contributed by atoms with Crippen LogP contribution < -0.4 is 4.74 Å². The first-order valence-electron chi connectivity index (χ1n) is 24.7. The number of thioether (sulfide) groups is 1. The van der Waals surface area contributed by atoms with Crippen molar-refractivity contribution in [2.45, 2.75) is 147 Å². The molecule has 0 aliphatic carbocycles. The fourth-order valence-electron chi connectivity index (χ4n) is 9.14. The summed E-state index contributed by atoms with van der Waals surface area (Å²) in [5.74, 6) is 2.38. The van der Waals surface area contributed by atoms with Crippen molar-refractivity contribution in [3.8, 4) is 11.5 Å². The highest BCUT2D eigenvalue weighted by Crippen LogP contribution is 2.53. The van der Waals surface area contributed by atoms with Gasteiger partial charge in [-0.25, -0.2) is 0 Å². The zero-order chi connectivity index (χ0) is 48.6. The Kier molecular flexibility index (Phi) is 16.5. The van der Waals surface area contributed by atoms with Gasteiger partial charge in [0.25, 0.3) is 0 Å². The Hall–Kier alpha value is -4.77. The molecular weight excluding hydrogens is 877 g/mol. The molecule has 1 saturated heterocycles. The molecule has 0 unspecified atom stereocenters. The Morgan fingerprint density at radius 2 is 0.942 bits per heavy atom. The molecule has 0 radical (unpaired) electrons. The minimum absolute atomic E-state index is 0.0563. The van der Waals surface area contributed by atoms with E-state index >= 15 is 0 Å². The van der Waals surface area contributed by atoms with Gasteiger partial charge < -0.3 is 33.2 Å². The number of ether oxygens (including phenoxy) is 7. The van der Waals surface area contributed by atoms with E-state index in [1.807, 2.05) is 79.7 Å². The molecular formula is C61H72O7S. The summed E-state index contributed by atoms with van der Waals surface area (Å²) >= 11 is 1.72. The van der Waals surface area contributed by atoms with Crippen LogP contribution in [-0.4, -0.2) is 43.1 Å². The van der Waals surface area contributed by atoms with Crippen molar-refractivity contribution >= 4 is 11.8 Å². The first-order chi connectivity index (χ1) is 33.2. The molecule has 0 spiro atoms. The predicted octanol–water partition coefficient (Wildman–Crippen LogP) is 14.2. The molecule has 7 nitrogen and oxygen atoms in total. The van der Waals surface area contributed by atoms with E-state index < -0.39 is 29.9 Å². The highest BCUT2D eigenvalue weighted by molar-refractivity contribution is 7.99. The second-order valence-corrected chi connectivity index (χ2v) is 22.1. The molecule has 6 aromatic rings. The number of benzene rings is 6. The molecule has 69 heavy (non-hydrogen) atoms. The lowest BCUT2D eigenvalue weighted by Gasteiger charge is -2.46. The van der Waals surface area contributed by atoms with Crippen LogP contribution in [0.5, 0.6) is 11.5 Å². The standard InChI is InChI=1S/C61H72O7S/c1-10-62-39-46-31-48(59(2,3)4)33-50-53(46)68-54-47(32-49(60(5,6)7)34-51(54)61(50,8)9)41-69-58-57(66-38-45-29-21-14-22-30-45)56(65-37-44-27-19-13-20-28-44)55(64-36-43-25-17-12-18-26-43)52(67-58)40-63-35-42-23-15-11-16-24-42/h11-34,52,55-58H,10,35-41H2,1-9H3/t52-,55-,56+,57-,58+/m1/s1. The minimum atomic E-state index is -0.529. The summed E-state index contributed by atoms with van der Waals surface area (Å²) < 4.78 is 48.5. The molecule has 8 rings (SSSR count). The molecule has 5 atom stereocenters. The summed E-state index contributed by atoms with van der Waals surface area (Å²) in [6.07, 6.45) is -2.06. The van der Waals surface area contributed by atoms with Crippen molar-refractivity contribution in [2.24, 2.45) is 0 Å². The molecule has 0 saturated carbocycles. The zero-order valence-electron chi connectivity index (χ0n) is 42.2. The van der Waals surface area contributed by atoms with Gasteiger partial charge in [0, 0.05) is 40.0 Å². The smallest absolute Gasteiger partial charge is 0.137 e. The average Bonchev–Trinajstić information content (AvgIpc) is 3.34. The molecule has 1 fully saturated rings. The maximum atomic E-state index is 7.33. The van der Waals surface area contributed by atoms with Crippen LogP contribution in [0.1, 0.15) is 118 Å². The first-order valence-corrected chi connectivity index (χ1v) is 25.7. The molecule has 2 heterocycles. The lowest BCUT2D eigenvalue weighted by molar-refractivity contribution is -0.254. The summed E-state index contributed by atoms with van der Waals surface area (Å²) in [5, 5.41) is 0. The van der Waals surface area contributed by atoms with Crippen LogP contribution in [0.15, 0.2) is 146 Å². The molecule has 2 aliphatic heterocycles. The van der Waals surface area contributed by atoms with E-state index in [1.165, 1.54) is 22.3 Å². The zero-order valence-corrected chi connectivity index (χ0v) is 43.0. The van der Waals surface area contributed by atoms with Crippen LogP contribution in [0.4, 0.5) is 0 Å². The van der Waals surface area contributed by atoms with Crippen molar-refractivity contribution in [3.05, 3.63) is 201 Å². The SMILES string of the molecule is CCOCc1cc(C(C)(C)C)cc2c1Oc1c(CS[C@@H]3O[C@H](COCc4ccccc4)[C@@H](OCc4ccccc4)[C@H](OCc4ccccc4)[C@H]3OCc3ccccc3)cc(C(C)(C)C)cc1C2(C)C. The number of hydrogen-bond acceptors (Lipinski definition) is 8. The Morgan fingerprint density at radius 1 is 0.507 bits per heavy atom.